The zero-order valence-electron chi connectivity index (χ0n) is 7.37. The van der Waals surface area contributed by atoms with Gasteiger partial charge in [0, 0.05) is 6.42 Å². The maximum atomic E-state index is 9.90. The molecule has 0 aromatic rings. The van der Waals surface area contributed by atoms with Crippen molar-refractivity contribution in [3.8, 4) is 0 Å². The summed E-state index contributed by atoms with van der Waals surface area (Å²) in [7, 11) is 0. The molecule has 1 saturated carbocycles. The second kappa shape index (κ2) is 4.21. The third-order valence-electron chi connectivity index (χ3n) is 2.61. The molecule has 1 atom stereocenters. The Morgan fingerprint density at radius 2 is 1.75 bits per heavy atom. The van der Waals surface area contributed by atoms with Crippen molar-refractivity contribution in [2.24, 2.45) is 0 Å². The average molecular weight is 174 g/mol. The van der Waals surface area contributed by atoms with Gasteiger partial charge in [0.25, 0.3) is 0 Å². The Kier molecular flexibility index (Phi) is 3.50. The monoisotopic (exact) mass is 174 g/mol. The van der Waals surface area contributed by atoms with Crippen LogP contribution in [0.4, 0.5) is 0 Å². The molecule has 0 aliphatic heterocycles. The lowest BCUT2D eigenvalue weighted by Gasteiger charge is -2.33. The van der Waals surface area contributed by atoms with Gasteiger partial charge in [0.15, 0.2) is 0 Å². The quantitative estimate of drug-likeness (QED) is 0.581. The van der Waals surface area contributed by atoms with E-state index in [-0.39, 0.29) is 6.61 Å². The summed E-state index contributed by atoms with van der Waals surface area (Å²) >= 11 is 0. The molecule has 1 rings (SSSR count). The second-order valence-corrected chi connectivity index (χ2v) is 3.83. The lowest BCUT2D eigenvalue weighted by Crippen LogP contribution is -2.36. The van der Waals surface area contributed by atoms with Crippen LogP contribution >= 0.6 is 0 Å². The minimum absolute atomic E-state index is 0.248. The fourth-order valence-corrected chi connectivity index (χ4v) is 1.92. The molecule has 0 unspecified atom stereocenters. The number of aliphatic hydroxyl groups is 3. The van der Waals surface area contributed by atoms with E-state index in [4.69, 9.17) is 10.2 Å². The molecule has 1 aliphatic carbocycles. The molecular weight excluding hydrogens is 156 g/mol. The summed E-state index contributed by atoms with van der Waals surface area (Å²) in [5, 5.41) is 27.7. The zero-order chi connectivity index (χ0) is 9.03. The Bertz CT molecular complexity index is 130. The van der Waals surface area contributed by atoms with E-state index in [1.165, 1.54) is 6.42 Å². The van der Waals surface area contributed by atoms with Crippen molar-refractivity contribution < 1.29 is 15.3 Å². The van der Waals surface area contributed by atoms with Gasteiger partial charge in [-0.2, -0.15) is 0 Å². The number of rotatable bonds is 3. The lowest BCUT2D eigenvalue weighted by atomic mass is 9.81. The highest BCUT2D eigenvalue weighted by atomic mass is 16.3. The summed E-state index contributed by atoms with van der Waals surface area (Å²) in [5.41, 5.74) is -0.708. The second-order valence-electron chi connectivity index (χ2n) is 3.83. The van der Waals surface area contributed by atoms with Gasteiger partial charge in [-0.25, -0.2) is 0 Å². The average Bonchev–Trinajstić information content (AvgIpc) is 2.05. The highest BCUT2D eigenvalue weighted by Crippen LogP contribution is 2.31. The van der Waals surface area contributed by atoms with E-state index in [2.05, 4.69) is 0 Å². The van der Waals surface area contributed by atoms with Crippen LogP contribution in [0.3, 0.4) is 0 Å². The molecule has 3 heteroatoms. The van der Waals surface area contributed by atoms with E-state index in [0.717, 1.165) is 25.7 Å². The Labute approximate surface area is 73.0 Å². The standard InChI is InChI=1S/C9H18O3/c10-7-8(11)6-9(12)4-2-1-3-5-9/h8,10-12H,1-7H2/t8-/m0/s1. The molecule has 1 aliphatic rings. The summed E-state index contributed by atoms with van der Waals surface area (Å²) in [6.07, 6.45) is 4.35. The molecule has 0 amide bonds. The van der Waals surface area contributed by atoms with E-state index in [1.807, 2.05) is 0 Å². The molecule has 3 nitrogen and oxygen atoms in total. The molecule has 72 valence electrons. The van der Waals surface area contributed by atoms with Crippen molar-refractivity contribution in [1.82, 2.24) is 0 Å². The first-order chi connectivity index (χ1) is 5.66. The Hall–Kier alpha value is -0.120. The van der Waals surface area contributed by atoms with Crippen LogP contribution in [0.5, 0.6) is 0 Å². The maximum Gasteiger partial charge on any atom is 0.0798 e. The van der Waals surface area contributed by atoms with E-state index in [0.29, 0.717) is 6.42 Å². The van der Waals surface area contributed by atoms with Gasteiger partial charge in [-0.15, -0.1) is 0 Å². The summed E-state index contributed by atoms with van der Waals surface area (Å²) in [6.45, 7) is -0.248. The first-order valence-corrected chi connectivity index (χ1v) is 4.68. The number of hydrogen-bond acceptors (Lipinski definition) is 3. The molecule has 0 aromatic heterocycles. The third-order valence-corrected chi connectivity index (χ3v) is 2.61. The predicted molar refractivity (Wildman–Crippen MR) is 45.7 cm³/mol. The number of hydrogen-bond donors (Lipinski definition) is 3. The van der Waals surface area contributed by atoms with Gasteiger partial charge in [0.1, 0.15) is 0 Å². The predicted octanol–water partition coefficient (Wildman–Crippen LogP) is 0.425. The SMILES string of the molecule is OC[C@@H](O)CC1(O)CCCCC1. The van der Waals surface area contributed by atoms with Gasteiger partial charge >= 0.3 is 0 Å². The van der Waals surface area contributed by atoms with Crippen LogP contribution in [0.1, 0.15) is 38.5 Å². The van der Waals surface area contributed by atoms with Gasteiger partial charge < -0.3 is 15.3 Å². The molecule has 1 fully saturated rings. The molecule has 0 heterocycles. The molecule has 12 heavy (non-hydrogen) atoms. The smallest absolute Gasteiger partial charge is 0.0798 e. The fourth-order valence-electron chi connectivity index (χ4n) is 1.92. The van der Waals surface area contributed by atoms with Crippen LogP contribution < -0.4 is 0 Å². The Morgan fingerprint density at radius 1 is 1.17 bits per heavy atom. The van der Waals surface area contributed by atoms with Crippen molar-refractivity contribution in [2.75, 3.05) is 6.61 Å². The van der Waals surface area contributed by atoms with E-state index < -0.39 is 11.7 Å². The van der Waals surface area contributed by atoms with Crippen LogP contribution in [0.25, 0.3) is 0 Å². The minimum Gasteiger partial charge on any atom is -0.394 e. The summed E-state index contributed by atoms with van der Waals surface area (Å²) in [6, 6.07) is 0. The van der Waals surface area contributed by atoms with Crippen LogP contribution in [0.2, 0.25) is 0 Å². The molecule has 0 saturated heterocycles. The van der Waals surface area contributed by atoms with Crippen molar-refractivity contribution in [3.05, 3.63) is 0 Å². The summed E-state index contributed by atoms with van der Waals surface area (Å²) in [5.74, 6) is 0. The highest BCUT2D eigenvalue weighted by Gasteiger charge is 2.31. The van der Waals surface area contributed by atoms with Crippen LogP contribution in [-0.2, 0) is 0 Å². The number of aliphatic hydroxyl groups excluding tert-OH is 2. The molecule has 0 aromatic carbocycles. The lowest BCUT2D eigenvalue weighted by molar-refractivity contribution is -0.0487. The molecule has 3 N–H and O–H groups in total. The summed E-state index contributed by atoms with van der Waals surface area (Å²) < 4.78 is 0. The van der Waals surface area contributed by atoms with Crippen molar-refractivity contribution in [1.29, 1.82) is 0 Å². The van der Waals surface area contributed by atoms with Crippen LogP contribution in [-0.4, -0.2) is 33.6 Å². The molecule has 0 spiro atoms. The normalized spacial score (nSPS) is 25.2. The van der Waals surface area contributed by atoms with Gasteiger partial charge in [-0.3, -0.25) is 0 Å². The largest absolute Gasteiger partial charge is 0.394 e. The maximum absolute atomic E-state index is 9.90. The molecule has 0 bridgehead atoms. The van der Waals surface area contributed by atoms with Crippen LogP contribution in [0.15, 0.2) is 0 Å². The first kappa shape index (κ1) is 9.96. The van der Waals surface area contributed by atoms with E-state index in [1.54, 1.807) is 0 Å². The molecular formula is C9H18O3. The van der Waals surface area contributed by atoms with Crippen molar-refractivity contribution in [2.45, 2.75) is 50.2 Å². The zero-order valence-corrected chi connectivity index (χ0v) is 7.37. The fraction of sp³-hybridized carbons (Fsp3) is 1.00. The van der Waals surface area contributed by atoms with Gasteiger partial charge in [-0.1, -0.05) is 19.3 Å². The van der Waals surface area contributed by atoms with E-state index >= 15 is 0 Å². The first-order valence-electron chi connectivity index (χ1n) is 4.68. The topological polar surface area (TPSA) is 60.7 Å². The van der Waals surface area contributed by atoms with Crippen molar-refractivity contribution in [3.63, 3.8) is 0 Å². The highest BCUT2D eigenvalue weighted by molar-refractivity contribution is 4.84. The van der Waals surface area contributed by atoms with Gasteiger partial charge in [0.05, 0.1) is 18.3 Å². The molecule has 0 radical (unpaired) electrons. The van der Waals surface area contributed by atoms with Gasteiger partial charge in [0.2, 0.25) is 0 Å². The Balaban J connectivity index is 2.35. The Morgan fingerprint density at radius 3 is 2.25 bits per heavy atom. The van der Waals surface area contributed by atoms with Crippen molar-refractivity contribution >= 4 is 0 Å². The van der Waals surface area contributed by atoms with E-state index in [9.17, 15) is 5.11 Å². The minimum atomic E-state index is -0.756. The van der Waals surface area contributed by atoms with Gasteiger partial charge in [-0.05, 0) is 12.8 Å². The summed E-state index contributed by atoms with van der Waals surface area (Å²) in [4.78, 5) is 0. The van der Waals surface area contributed by atoms with Crippen LogP contribution in [0, 0.1) is 0 Å². The third kappa shape index (κ3) is 2.73.